The summed E-state index contributed by atoms with van der Waals surface area (Å²) in [7, 11) is 0. The molecule has 0 unspecified atom stereocenters. The lowest BCUT2D eigenvalue weighted by molar-refractivity contribution is -0.132. The molecule has 17 heavy (non-hydrogen) atoms. The van der Waals surface area contributed by atoms with E-state index in [2.05, 4.69) is 6.58 Å². The van der Waals surface area contributed by atoms with Crippen molar-refractivity contribution in [3.05, 3.63) is 65.8 Å². The van der Waals surface area contributed by atoms with Gasteiger partial charge in [0.2, 0.25) is 0 Å². The summed E-state index contributed by atoms with van der Waals surface area (Å²) in [6, 6.07) is 9.78. The van der Waals surface area contributed by atoms with E-state index >= 15 is 0 Å². The van der Waals surface area contributed by atoms with Crippen LogP contribution in [-0.2, 0) is 4.79 Å². The first-order chi connectivity index (χ1) is 8.15. The van der Waals surface area contributed by atoms with Gasteiger partial charge in [-0.1, -0.05) is 48.6 Å². The van der Waals surface area contributed by atoms with Crippen molar-refractivity contribution in [1.82, 2.24) is 0 Å². The molecule has 0 aliphatic carbocycles. The van der Waals surface area contributed by atoms with Crippen LogP contribution in [0.15, 0.2) is 60.2 Å². The Morgan fingerprint density at radius 3 is 2.53 bits per heavy atom. The van der Waals surface area contributed by atoms with Gasteiger partial charge in [-0.25, -0.2) is 4.79 Å². The largest absolute Gasteiger partial charge is 0.478 e. The molecule has 88 valence electrons. The van der Waals surface area contributed by atoms with E-state index in [9.17, 15) is 4.79 Å². The van der Waals surface area contributed by atoms with E-state index in [1.807, 2.05) is 42.5 Å². The lowest BCUT2D eigenvalue weighted by Crippen LogP contribution is -1.99. The number of hydrogen-bond donors (Lipinski definition) is 1. The molecule has 0 heterocycles. The van der Waals surface area contributed by atoms with Crippen molar-refractivity contribution in [2.75, 3.05) is 0 Å². The third-order valence-electron chi connectivity index (χ3n) is 2.44. The summed E-state index contributed by atoms with van der Waals surface area (Å²) >= 11 is 0. The summed E-state index contributed by atoms with van der Waals surface area (Å²) in [5, 5.41) is 8.95. The maximum absolute atomic E-state index is 10.9. The van der Waals surface area contributed by atoms with Crippen LogP contribution in [0.4, 0.5) is 0 Å². The molecule has 2 heteroatoms. The summed E-state index contributed by atoms with van der Waals surface area (Å²) < 4.78 is 0. The van der Waals surface area contributed by atoms with Crippen molar-refractivity contribution in [2.45, 2.75) is 13.3 Å². The average Bonchev–Trinajstić information content (AvgIpc) is 2.34. The molecule has 0 bridgehead atoms. The summed E-state index contributed by atoms with van der Waals surface area (Å²) in [4.78, 5) is 10.9. The second-order valence-corrected chi connectivity index (χ2v) is 3.69. The Morgan fingerprint density at radius 2 is 2.00 bits per heavy atom. The molecule has 0 radical (unpaired) electrons. The molecule has 0 saturated carbocycles. The molecule has 0 spiro atoms. The molecule has 0 amide bonds. The van der Waals surface area contributed by atoms with Gasteiger partial charge in [-0.15, -0.1) is 6.58 Å². The Balaban J connectivity index is 2.96. The van der Waals surface area contributed by atoms with Gasteiger partial charge in [-0.3, -0.25) is 0 Å². The smallest absolute Gasteiger partial charge is 0.331 e. The molecule has 0 saturated heterocycles. The fraction of sp³-hybridized carbons (Fsp3) is 0.133. The second-order valence-electron chi connectivity index (χ2n) is 3.69. The number of hydrogen-bond acceptors (Lipinski definition) is 1. The van der Waals surface area contributed by atoms with Crippen LogP contribution in [0.5, 0.6) is 0 Å². The Morgan fingerprint density at radius 1 is 1.35 bits per heavy atom. The second kappa shape index (κ2) is 6.48. The number of benzene rings is 1. The highest BCUT2D eigenvalue weighted by molar-refractivity contribution is 5.87. The number of carboxylic acids is 1. The van der Waals surface area contributed by atoms with E-state index in [0.717, 1.165) is 11.1 Å². The molecular weight excluding hydrogens is 212 g/mol. The van der Waals surface area contributed by atoms with E-state index in [0.29, 0.717) is 12.0 Å². The third kappa shape index (κ3) is 4.11. The zero-order valence-electron chi connectivity index (χ0n) is 9.89. The van der Waals surface area contributed by atoms with E-state index in [1.54, 1.807) is 13.0 Å². The van der Waals surface area contributed by atoms with Crippen LogP contribution in [0.3, 0.4) is 0 Å². The number of aliphatic carboxylic acids is 1. The number of carbonyl (C=O) groups is 1. The molecule has 0 fully saturated rings. The van der Waals surface area contributed by atoms with Crippen LogP contribution in [0.1, 0.15) is 18.9 Å². The maximum Gasteiger partial charge on any atom is 0.331 e. The Bertz CT molecular complexity index is 453. The molecular formula is C15H16O2. The quantitative estimate of drug-likeness (QED) is 0.474. The molecule has 2 nitrogen and oxygen atoms in total. The van der Waals surface area contributed by atoms with E-state index in [-0.39, 0.29) is 0 Å². The third-order valence-corrected chi connectivity index (χ3v) is 2.44. The van der Waals surface area contributed by atoms with Gasteiger partial charge in [-0.2, -0.15) is 0 Å². The lowest BCUT2D eigenvalue weighted by Gasteiger charge is -2.02. The average molecular weight is 228 g/mol. The van der Waals surface area contributed by atoms with Crippen molar-refractivity contribution in [2.24, 2.45) is 0 Å². The van der Waals surface area contributed by atoms with Crippen LogP contribution in [0.2, 0.25) is 0 Å². The zero-order chi connectivity index (χ0) is 12.7. The predicted octanol–water partition coefficient (Wildman–Crippen LogP) is 3.68. The number of carboxylic acid groups (broad SMARTS) is 1. The van der Waals surface area contributed by atoms with Gasteiger partial charge in [0.05, 0.1) is 0 Å². The Hall–Kier alpha value is -2.09. The van der Waals surface area contributed by atoms with Gasteiger partial charge in [0.25, 0.3) is 0 Å². The van der Waals surface area contributed by atoms with E-state index in [1.165, 1.54) is 0 Å². The SMILES string of the molecule is C=CCC(/C=C/c1ccccc1)=C(/C)C(=O)O. The molecule has 1 N–H and O–H groups in total. The van der Waals surface area contributed by atoms with Gasteiger partial charge in [0.1, 0.15) is 0 Å². The van der Waals surface area contributed by atoms with Crippen LogP contribution in [0, 0.1) is 0 Å². The van der Waals surface area contributed by atoms with Crippen LogP contribution >= 0.6 is 0 Å². The van der Waals surface area contributed by atoms with Crippen LogP contribution < -0.4 is 0 Å². The van der Waals surface area contributed by atoms with Gasteiger partial charge >= 0.3 is 5.97 Å². The van der Waals surface area contributed by atoms with Crippen molar-refractivity contribution in [1.29, 1.82) is 0 Å². The summed E-state index contributed by atoms with van der Waals surface area (Å²) in [6.07, 6.45) is 6.00. The van der Waals surface area contributed by atoms with E-state index < -0.39 is 5.97 Å². The van der Waals surface area contributed by atoms with Gasteiger partial charge in [-0.05, 0) is 24.5 Å². The minimum atomic E-state index is -0.889. The highest BCUT2D eigenvalue weighted by Crippen LogP contribution is 2.13. The minimum Gasteiger partial charge on any atom is -0.478 e. The maximum atomic E-state index is 10.9. The standard InChI is InChI=1S/C15H16O2/c1-3-7-14(12(2)15(16)17)11-10-13-8-5-4-6-9-13/h3-6,8-11H,1,7H2,2H3,(H,16,17)/b11-10+,14-12+. The van der Waals surface area contributed by atoms with Crippen molar-refractivity contribution in [3.8, 4) is 0 Å². The van der Waals surface area contributed by atoms with Crippen LogP contribution in [0.25, 0.3) is 6.08 Å². The van der Waals surface area contributed by atoms with Crippen molar-refractivity contribution in [3.63, 3.8) is 0 Å². The summed E-state index contributed by atoms with van der Waals surface area (Å²) in [6.45, 7) is 5.24. The van der Waals surface area contributed by atoms with Crippen molar-refractivity contribution >= 4 is 12.0 Å². The summed E-state index contributed by atoms with van der Waals surface area (Å²) in [5.74, 6) is -0.889. The lowest BCUT2D eigenvalue weighted by atomic mass is 10.0. The summed E-state index contributed by atoms with van der Waals surface area (Å²) in [5.41, 5.74) is 2.18. The predicted molar refractivity (Wildman–Crippen MR) is 70.6 cm³/mol. The molecule has 1 aromatic carbocycles. The first-order valence-electron chi connectivity index (χ1n) is 5.42. The zero-order valence-corrected chi connectivity index (χ0v) is 9.89. The monoisotopic (exact) mass is 228 g/mol. The number of allylic oxidation sites excluding steroid dienone is 3. The molecule has 1 rings (SSSR count). The minimum absolute atomic E-state index is 0.358. The first-order valence-corrected chi connectivity index (χ1v) is 5.42. The molecule has 0 aliphatic rings. The van der Waals surface area contributed by atoms with E-state index in [4.69, 9.17) is 5.11 Å². The topological polar surface area (TPSA) is 37.3 Å². The first kappa shape index (κ1) is 13.0. The fourth-order valence-electron chi connectivity index (χ4n) is 1.40. The molecule has 0 atom stereocenters. The molecule has 0 aromatic heterocycles. The fourth-order valence-corrected chi connectivity index (χ4v) is 1.40. The molecule has 0 aliphatic heterocycles. The molecule has 1 aromatic rings. The highest BCUT2D eigenvalue weighted by Gasteiger charge is 2.05. The normalized spacial score (nSPS) is 12.3. The van der Waals surface area contributed by atoms with Gasteiger partial charge in [0.15, 0.2) is 0 Å². The Kier molecular flexibility index (Phi) is 4.95. The van der Waals surface area contributed by atoms with Crippen LogP contribution in [-0.4, -0.2) is 11.1 Å². The Labute approximate surface area is 102 Å². The van der Waals surface area contributed by atoms with Gasteiger partial charge in [0, 0.05) is 5.57 Å². The number of rotatable bonds is 5. The van der Waals surface area contributed by atoms with Gasteiger partial charge < -0.3 is 5.11 Å². The highest BCUT2D eigenvalue weighted by atomic mass is 16.4. The van der Waals surface area contributed by atoms with Crippen molar-refractivity contribution < 1.29 is 9.90 Å².